The Kier molecular flexibility index (Phi) is 4.67. The average Bonchev–Trinajstić information content (AvgIpc) is 3.11. The summed E-state index contributed by atoms with van der Waals surface area (Å²) in [5, 5.41) is 4.54. The fourth-order valence-electron chi connectivity index (χ4n) is 2.27. The van der Waals surface area contributed by atoms with Gasteiger partial charge in [0, 0.05) is 22.8 Å². The van der Waals surface area contributed by atoms with Crippen LogP contribution in [0.5, 0.6) is 0 Å². The van der Waals surface area contributed by atoms with Crippen molar-refractivity contribution in [3.05, 3.63) is 58.0 Å². The third kappa shape index (κ3) is 3.46. The van der Waals surface area contributed by atoms with Gasteiger partial charge in [-0.25, -0.2) is 4.79 Å². The largest absolute Gasteiger partial charge is 0.467 e. The van der Waals surface area contributed by atoms with Gasteiger partial charge in [0.25, 0.3) is 11.4 Å². The predicted octanol–water partition coefficient (Wildman–Crippen LogP) is 2.95. The molecule has 0 saturated heterocycles. The zero-order valence-corrected chi connectivity index (χ0v) is 14.2. The Labute approximate surface area is 147 Å². The van der Waals surface area contributed by atoms with Crippen molar-refractivity contribution in [1.82, 2.24) is 14.7 Å². The van der Waals surface area contributed by atoms with Crippen molar-refractivity contribution in [3.8, 4) is 22.8 Å². The molecule has 0 fully saturated rings. The normalized spacial score (nSPS) is 12.0. The summed E-state index contributed by atoms with van der Waals surface area (Å²) in [5.74, 6) is 0.104. The minimum Gasteiger partial charge on any atom is -0.467 e. The number of carbonyl (C=O) groups is 1. The Hall–Kier alpha value is -2.93. The summed E-state index contributed by atoms with van der Waals surface area (Å²) >= 11 is 5.87. The highest BCUT2D eigenvalue weighted by atomic mass is 35.5. The van der Waals surface area contributed by atoms with Crippen LogP contribution < -0.4 is 5.56 Å². The van der Waals surface area contributed by atoms with Gasteiger partial charge >= 0.3 is 5.97 Å². The summed E-state index contributed by atoms with van der Waals surface area (Å²) in [5.41, 5.74) is 0.929. The Balaban J connectivity index is 1.96. The van der Waals surface area contributed by atoms with E-state index in [0.29, 0.717) is 16.4 Å². The van der Waals surface area contributed by atoms with Crippen LogP contribution in [0.3, 0.4) is 0 Å². The first-order valence-corrected chi connectivity index (χ1v) is 7.77. The third-order valence-electron chi connectivity index (χ3n) is 3.67. The van der Waals surface area contributed by atoms with Crippen LogP contribution in [0.1, 0.15) is 13.0 Å². The maximum Gasteiger partial charge on any atom is 0.328 e. The van der Waals surface area contributed by atoms with E-state index in [1.54, 1.807) is 37.3 Å². The number of halogens is 1. The van der Waals surface area contributed by atoms with E-state index in [9.17, 15) is 9.59 Å². The molecule has 25 heavy (non-hydrogen) atoms. The van der Waals surface area contributed by atoms with Crippen molar-refractivity contribution >= 4 is 17.6 Å². The lowest BCUT2D eigenvalue weighted by atomic mass is 10.2. The molecule has 128 valence electrons. The number of benzene rings is 1. The molecule has 1 unspecified atom stereocenters. The second-order valence-electron chi connectivity index (χ2n) is 5.29. The number of esters is 1. The van der Waals surface area contributed by atoms with Crippen LogP contribution in [0.4, 0.5) is 0 Å². The van der Waals surface area contributed by atoms with Crippen LogP contribution >= 0.6 is 11.6 Å². The highest BCUT2D eigenvalue weighted by molar-refractivity contribution is 6.30. The number of methoxy groups -OCH3 is 1. The zero-order chi connectivity index (χ0) is 18.0. The SMILES string of the molecule is COC(=O)C(C)n1cc(-c2nc(-c3ccc(Cl)cc3)no2)ccc1=O. The summed E-state index contributed by atoms with van der Waals surface area (Å²) in [6.45, 7) is 1.57. The standard InChI is InChI=1S/C17H14ClN3O4/c1-10(17(23)24-2)21-9-12(5-8-14(21)22)16-19-15(20-25-16)11-3-6-13(18)7-4-11/h3-10H,1-2H3. The fourth-order valence-corrected chi connectivity index (χ4v) is 2.40. The molecule has 0 aliphatic rings. The third-order valence-corrected chi connectivity index (χ3v) is 3.93. The maximum absolute atomic E-state index is 12.0. The van der Waals surface area contributed by atoms with Crippen LogP contribution in [-0.4, -0.2) is 27.8 Å². The van der Waals surface area contributed by atoms with E-state index >= 15 is 0 Å². The van der Waals surface area contributed by atoms with Crippen LogP contribution in [0.15, 0.2) is 51.9 Å². The Bertz CT molecular complexity index is 963. The van der Waals surface area contributed by atoms with Gasteiger partial charge in [-0.15, -0.1) is 0 Å². The molecule has 8 heteroatoms. The van der Waals surface area contributed by atoms with E-state index in [4.69, 9.17) is 16.1 Å². The molecule has 0 amide bonds. The Morgan fingerprint density at radius 1 is 1.20 bits per heavy atom. The molecule has 0 spiro atoms. The molecule has 0 radical (unpaired) electrons. The summed E-state index contributed by atoms with van der Waals surface area (Å²) in [4.78, 5) is 28.0. The van der Waals surface area contributed by atoms with E-state index in [-0.39, 0.29) is 11.4 Å². The Morgan fingerprint density at radius 2 is 1.88 bits per heavy atom. The first kappa shape index (κ1) is 16.9. The van der Waals surface area contributed by atoms with Gasteiger partial charge in [-0.2, -0.15) is 4.98 Å². The Morgan fingerprint density at radius 3 is 2.56 bits per heavy atom. The number of hydrogen-bond donors (Lipinski definition) is 0. The topological polar surface area (TPSA) is 87.2 Å². The van der Waals surface area contributed by atoms with Crippen molar-refractivity contribution in [1.29, 1.82) is 0 Å². The first-order chi connectivity index (χ1) is 12.0. The number of ether oxygens (including phenoxy) is 1. The summed E-state index contributed by atoms with van der Waals surface area (Å²) in [6.07, 6.45) is 1.49. The van der Waals surface area contributed by atoms with E-state index < -0.39 is 12.0 Å². The van der Waals surface area contributed by atoms with E-state index in [1.165, 1.54) is 23.9 Å². The maximum atomic E-state index is 12.0. The molecule has 1 atom stereocenters. The van der Waals surface area contributed by atoms with Crippen molar-refractivity contribution in [2.75, 3.05) is 7.11 Å². The zero-order valence-electron chi connectivity index (χ0n) is 13.5. The van der Waals surface area contributed by atoms with E-state index in [2.05, 4.69) is 14.9 Å². The molecule has 1 aromatic carbocycles. The van der Waals surface area contributed by atoms with Crippen LogP contribution in [0.2, 0.25) is 5.02 Å². The highest BCUT2D eigenvalue weighted by Crippen LogP contribution is 2.23. The molecule has 7 nitrogen and oxygen atoms in total. The van der Waals surface area contributed by atoms with Crippen LogP contribution in [-0.2, 0) is 9.53 Å². The number of hydrogen-bond acceptors (Lipinski definition) is 6. The minimum atomic E-state index is -0.767. The van der Waals surface area contributed by atoms with Crippen molar-refractivity contribution in [2.45, 2.75) is 13.0 Å². The second-order valence-corrected chi connectivity index (χ2v) is 5.73. The lowest BCUT2D eigenvalue weighted by Crippen LogP contribution is -2.27. The van der Waals surface area contributed by atoms with Gasteiger partial charge in [0.15, 0.2) is 0 Å². The van der Waals surface area contributed by atoms with Gasteiger partial charge in [0.1, 0.15) is 6.04 Å². The lowest BCUT2D eigenvalue weighted by Gasteiger charge is -2.12. The number of carbonyl (C=O) groups excluding carboxylic acids is 1. The van der Waals surface area contributed by atoms with Crippen molar-refractivity contribution in [2.24, 2.45) is 0 Å². The number of nitrogens with zero attached hydrogens (tertiary/aromatic N) is 3. The summed E-state index contributed by atoms with van der Waals surface area (Å²) in [7, 11) is 1.27. The monoisotopic (exact) mass is 359 g/mol. The molecular weight excluding hydrogens is 346 g/mol. The number of rotatable bonds is 4. The minimum absolute atomic E-state index is 0.232. The van der Waals surface area contributed by atoms with Crippen LogP contribution in [0, 0.1) is 0 Å². The molecule has 0 aliphatic carbocycles. The molecular formula is C17H14ClN3O4. The molecule has 0 bridgehead atoms. The van der Waals surface area contributed by atoms with Crippen molar-refractivity contribution < 1.29 is 14.1 Å². The van der Waals surface area contributed by atoms with Gasteiger partial charge < -0.3 is 13.8 Å². The number of pyridine rings is 1. The van der Waals surface area contributed by atoms with Crippen LogP contribution in [0.25, 0.3) is 22.8 Å². The van der Waals surface area contributed by atoms with Gasteiger partial charge in [-0.1, -0.05) is 16.8 Å². The predicted molar refractivity (Wildman–Crippen MR) is 91.2 cm³/mol. The molecule has 2 aromatic heterocycles. The van der Waals surface area contributed by atoms with Gasteiger partial charge in [0.2, 0.25) is 5.82 Å². The van der Waals surface area contributed by atoms with Gasteiger partial charge in [-0.3, -0.25) is 4.79 Å². The average molecular weight is 360 g/mol. The molecule has 2 heterocycles. The molecule has 0 aliphatic heterocycles. The summed E-state index contributed by atoms with van der Waals surface area (Å²) < 4.78 is 11.2. The lowest BCUT2D eigenvalue weighted by molar-refractivity contribution is -0.144. The smallest absolute Gasteiger partial charge is 0.328 e. The highest BCUT2D eigenvalue weighted by Gasteiger charge is 2.18. The molecule has 0 saturated carbocycles. The van der Waals surface area contributed by atoms with Gasteiger partial charge in [-0.05, 0) is 37.3 Å². The number of aromatic nitrogens is 3. The summed E-state index contributed by atoms with van der Waals surface area (Å²) in [6, 6.07) is 9.13. The molecule has 3 aromatic rings. The molecule has 0 N–H and O–H groups in total. The van der Waals surface area contributed by atoms with Crippen molar-refractivity contribution in [3.63, 3.8) is 0 Å². The van der Waals surface area contributed by atoms with E-state index in [0.717, 1.165) is 5.56 Å². The quantitative estimate of drug-likeness (QED) is 0.665. The van der Waals surface area contributed by atoms with E-state index in [1.807, 2.05) is 0 Å². The van der Waals surface area contributed by atoms with Gasteiger partial charge in [0.05, 0.1) is 12.7 Å². The second kappa shape index (κ2) is 6.90. The fraction of sp³-hybridized carbons (Fsp3) is 0.176. The molecule has 3 rings (SSSR count). The first-order valence-electron chi connectivity index (χ1n) is 7.39.